The Kier molecular flexibility index (Phi) is 5.99. The molecule has 1 N–H and O–H groups in total. The molecule has 4 amide bonds. The van der Waals surface area contributed by atoms with E-state index in [1.54, 1.807) is 6.08 Å². The highest BCUT2D eigenvalue weighted by molar-refractivity contribution is 6.31. The highest BCUT2D eigenvalue weighted by Crippen LogP contribution is 2.31. The Bertz CT molecular complexity index is 1100. The molecule has 0 radical (unpaired) electrons. The summed E-state index contributed by atoms with van der Waals surface area (Å²) in [6, 6.07) is 15.8. The van der Waals surface area contributed by atoms with Gasteiger partial charge in [0.25, 0.3) is 11.8 Å². The van der Waals surface area contributed by atoms with Crippen LogP contribution in [0.5, 0.6) is 0 Å². The molecule has 3 aliphatic rings. The van der Waals surface area contributed by atoms with E-state index in [-0.39, 0.29) is 11.6 Å². The SMILES string of the molecule is O=C1NC(=O)N(C2CCCCC2)C(=O)/C1=C/c1ccc2c(c1)CCCN2Cc1ccccc1. The van der Waals surface area contributed by atoms with Crippen LogP contribution in [0.1, 0.15) is 55.2 Å². The number of hydrogen-bond acceptors (Lipinski definition) is 4. The van der Waals surface area contributed by atoms with Gasteiger partial charge in [-0.3, -0.25) is 19.8 Å². The molecule has 2 aromatic rings. The molecule has 2 aromatic carbocycles. The summed E-state index contributed by atoms with van der Waals surface area (Å²) in [4.78, 5) is 41.8. The van der Waals surface area contributed by atoms with Gasteiger partial charge in [-0.2, -0.15) is 0 Å². The summed E-state index contributed by atoms with van der Waals surface area (Å²) in [7, 11) is 0. The number of aryl methyl sites for hydroxylation is 1. The van der Waals surface area contributed by atoms with Gasteiger partial charge < -0.3 is 4.90 Å². The molecule has 2 fully saturated rings. The Hall–Kier alpha value is -3.41. The molecule has 1 saturated heterocycles. The summed E-state index contributed by atoms with van der Waals surface area (Å²) in [5, 5.41) is 2.37. The average molecular weight is 444 g/mol. The molecular weight excluding hydrogens is 414 g/mol. The largest absolute Gasteiger partial charge is 0.367 e. The van der Waals surface area contributed by atoms with E-state index in [1.165, 1.54) is 21.7 Å². The Labute approximate surface area is 194 Å². The molecule has 0 unspecified atom stereocenters. The number of urea groups is 1. The highest BCUT2D eigenvalue weighted by Gasteiger charge is 2.40. The fourth-order valence-corrected chi connectivity index (χ4v) is 5.26. The number of nitrogens with zero attached hydrogens (tertiary/aromatic N) is 2. The Morgan fingerprint density at radius 2 is 1.73 bits per heavy atom. The topological polar surface area (TPSA) is 69.7 Å². The second-order valence-corrected chi connectivity index (χ2v) is 9.18. The Morgan fingerprint density at radius 3 is 2.52 bits per heavy atom. The average Bonchev–Trinajstić information content (AvgIpc) is 2.83. The van der Waals surface area contributed by atoms with Crippen LogP contribution in [0.3, 0.4) is 0 Å². The Morgan fingerprint density at radius 1 is 0.939 bits per heavy atom. The molecule has 2 aliphatic heterocycles. The van der Waals surface area contributed by atoms with Crippen molar-refractivity contribution in [3.63, 3.8) is 0 Å². The van der Waals surface area contributed by atoms with Crippen molar-refractivity contribution < 1.29 is 14.4 Å². The molecule has 33 heavy (non-hydrogen) atoms. The predicted octanol–water partition coefficient (Wildman–Crippen LogP) is 4.43. The number of rotatable bonds is 4. The van der Waals surface area contributed by atoms with Crippen LogP contribution < -0.4 is 10.2 Å². The minimum atomic E-state index is -0.611. The van der Waals surface area contributed by atoms with E-state index < -0.39 is 17.8 Å². The maximum atomic E-state index is 13.2. The number of carbonyl (C=O) groups excluding carboxylic acids is 3. The van der Waals surface area contributed by atoms with Gasteiger partial charge in [-0.05, 0) is 60.6 Å². The molecule has 6 nitrogen and oxygen atoms in total. The molecule has 0 bridgehead atoms. The van der Waals surface area contributed by atoms with Crippen LogP contribution in [0.2, 0.25) is 0 Å². The molecule has 1 aliphatic carbocycles. The predicted molar refractivity (Wildman–Crippen MR) is 127 cm³/mol. The molecule has 170 valence electrons. The fourth-order valence-electron chi connectivity index (χ4n) is 5.26. The van der Waals surface area contributed by atoms with Crippen molar-refractivity contribution in [1.82, 2.24) is 10.2 Å². The van der Waals surface area contributed by atoms with Crippen molar-refractivity contribution in [2.45, 2.75) is 57.5 Å². The van der Waals surface area contributed by atoms with Gasteiger partial charge in [0.05, 0.1) is 0 Å². The second kappa shape index (κ2) is 9.22. The van der Waals surface area contributed by atoms with Crippen LogP contribution in [0.4, 0.5) is 10.5 Å². The van der Waals surface area contributed by atoms with Crippen molar-refractivity contribution in [1.29, 1.82) is 0 Å². The molecule has 6 heteroatoms. The van der Waals surface area contributed by atoms with Crippen LogP contribution in [0.25, 0.3) is 6.08 Å². The number of fused-ring (bicyclic) bond motifs is 1. The first kappa shape index (κ1) is 21.4. The molecular formula is C27H29N3O3. The van der Waals surface area contributed by atoms with Gasteiger partial charge in [0.15, 0.2) is 0 Å². The standard InChI is InChI=1S/C27H29N3O3/c31-25-23(26(32)30(27(33)28-25)22-11-5-2-6-12-22)17-20-13-14-24-21(16-20)10-7-15-29(24)18-19-8-3-1-4-9-19/h1,3-4,8-9,13-14,16-17,22H,2,5-7,10-12,15,18H2,(H,28,31,33)/b23-17+. The molecule has 0 spiro atoms. The zero-order valence-electron chi connectivity index (χ0n) is 18.8. The first-order valence-electron chi connectivity index (χ1n) is 11.9. The lowest BCUT2D eigenvalue weighted by atomic mass is 9.93. The number of anilines is 1. The zero-order valence-corrected chi connectivity index (χ0v) is 18.8. The monoisotopic (exact) mass is 443 g/mol. The molecule has 5 rings (SSSR count). The number of barbiturate groups is 1. The lowest BCUT2D eigenvalue weighted by molar-refractivity contribution is -0.132. The van der Waals surface area contributed by atoms with E-state index in [4.69, 9.17) is 0 Å². The number of nitrogens with one attached hydrogen (secondary N) is 1. The van der Waals surface area contributed by atoms with E-state index in [9.17, 15) is 14.4 Å². The van der Waals surface area contributed by atoms with Crippen LogP contribution >= 0.6 is 0 Å². The van der Waals surface area contributed by atoms with E-state index in [2.05, 4.69) is 46.6 Å². The Balaban J connectivity index is 1.40. The molecule has 0 aromatic heterocycles. The van der Waals surface area contributed by atoms with Crippen molar-refractivity contribution in [2.75, 3.05) is 11.4 Å². The summed E-state index contributed by atoms with van der Waals surface area (Å²) >= 11 is 0. The molecule has 2 heterocycles. The van der Waals surface area contributed by atoms with Crippen LogP contribution in [-0.4, -0.2) is 35.3 Å². The summed E-state index contributed by atoms with van der Waals surface area (Å²) < 4.78 is 0. The summed E-state index contributed by atoms with van der Waals surface area (Å²) in [6.07, 6.45) is 8.38. The smallest absolute Gasteiger partial charge is 0.331 e. The maximum Gasteiger partial charge on any atom is 0.331 e. The number of carbonyl (C=O) groups is 3. The van der Waals surface area contributed by atoms with Crippen molar-refractivity contribution in [3.05, 3.63) is 70.8 Å². The number of amides is 4. The van der Waals surface area contributed by atoms with Crippen LogP contribution in [0, 0.1) is 0 Å². The quantitative estimate of drug-likeness (QED) is 0.561. The van der Waals surface area contributed by atoms with Crippen LogP contribution in [0.15, 0.2) is 54.1 Å². The number of hydrogen-bond donors (Lipinski definition) is 1. The summed E-state index contributed by atoms with van der Waals surface area (Å²) in [5.74, 6) is -1.08. The molecule has 0 atom stereocenters. The van der Waals surface area contributed by atoms with E-state index in [0.717, 1.165) is 63.6 Å². The van der Waals surface area contributed by atoms with Crippen LogP contribution in [-0.2, 0) is 22.6 Å². The minimum absolute atomic E-state index is 0.0390. The zero-order chi connectivity index (χ0) is 22.8. The van der Waals surface area contributed by atoms with E-state index in [1.807, 2.05) is 12.1 Å². The normalized spacial score (nSPS) is 20.7. The summed E-state index contributed by atoms with van der Waals surface area (Å²) in [6.45, 7) is 1.86. The van der Waals surface area contributed by atoms with Gasteiger partial charge in [-0.15, -0.1) is 0 Å². The number of imide groups is 2. The first-order valence-corrected chi connectivity index (χ1v) is 11.9. The highest BCUT2D eigenvalue weighted by atomic mass is 16.2. The third-order valence-electron chi connectivity index (χ3n) is 6.92. The van der Waals surface area contributed by atoms with Gasteiger partial charge in [0, 0.05) is 24.8 Å². The van der Waals surface area contributed by atoms with Crippen molar-refractivity contribution >= 4 is 29.6 Å². The van der Waals surface area contributed by atoms with Gasteiger partial charge >= 0.3 is 6.03 Å². The lowest BCUT2D eigenvalue weighted by Crippen LogP contribution is -2.58. The first-order chi connectivity index (χ1) is 16.1. The van der Waals surface area contributed by atoms with E-state index in [0.29, 0.717) is 0 Å². The minimum Gasteiger partial charge on any atom is -0.367 e. The fraction of sp³-hybridized carbons (Fsp3) is 0.370. The maximum absolute atomic E-state index is 13.2. The second-order valence-electron chi connectivity index (χ2n) is 9.18. The van der Waals surface area contributed by atoms with Crippen molar-refractivity contribution in [2.24, 2.45) is 0 Å². The van der Waals surface area contributed by atoms with Gasteiger partial charge in [0.2, 0.25) is 0 Å². The lowest BCUT2D eigenvalue weighted by Gasteiger charge is -2.35. The van der Waals surface area contributed by atoms with Gasteiger partial charge in [0.1, 0.15) is 5.57 Å². The summed E-state index contributed by atoms with van der Waals surface area (Å²) in [5.41, 5.74) is 4.54. The third kappa shape index (κ3) is 4.42. The number of benzene rings is 2. The van der Waals surface area contributed by atoms with Gasteiger partial charge in [-0.1, -0.05) is 55.7 Å². The van der Waals surface area contributed by atoms with E-state index >= 15 is 0 Å². The third-order valence-corrected chi connectivity index (χ3v) is 6.92. The van der Waals surface area contributed by atoms with Gasteiger partial charge in [-0.25, -0.2) is 4.79 Å². The molecule has 1 saturated carbocycles. The van der Waals surface area contributed by atoms with Crippen molar-refractivity contribution in [3.8, 4) is 0 Å².